The van der Waals surface area contributed by atoms with Crippen LogP contribution in [0.4, 0.5) is 0 Å². The van der Waals surface area contributed by atoms with E-state index in [4.69, 9.17) is 0 Å². The smallest absolute Gasteiger partial charge is 0.268 e. The molecule has 1 aromatic rings. The minimum absolute atomic E-state index is 0.0611. The van der Waals surface area contributed by atoms with Gasteiger partial charge in [-0.25, -0.2) is 0 Å². The molecule has 2 amide bonds. The molecular formula is C22H29NO2S. The fourth-order valence-electron chi connectivity index (χ4n) is 4.16. The van der Waals surface area contributed by atoms with E-state index in [-0.39, 0.29) is 17.9 Å². The molecule has 0 aromatic heterocycles. The first-order chi connectivity index (χ1) is 12.5. The second-order valence-electron chi connectivity index (χ2n) is 7.43. The largest absolute Gasteiger partial charge is 0.271 e. The number of carbonyl (C=O) groups is 2. The molecule has 0 N–H and O–H groups in total. The van der Waals surface area contributed by atoms with Crippen LogP contribution in [0.3, 0.4) is 0 Å². The summed E-state index contributed by atoms with van der Waals surface area (Å²) in [6.07, 6.45) is 7.80. The fourth-order valence-corrected chi connectivity index (χ4v) is 5.01. The fraction of sp³-hybridized carbons (Fsp3) is 0.545. The Morgan fingerprint density at radius 2 is 1.65 bits per heavy atom. The molecule has 1 aliphatic carbocycles. The Kier molecular flexibility index (Phi) is 6.23. The Labute approximate surface area is 161 Å². The average Bonchev–Trinajstić information content (AvgIpc) is 2.80. The summed E-state index contributed by atoms with van der Waals surface area (Å²) in [6, 6.07) is 6.18. The Morgan fingerprint density at radius 3 is 2.27 bits per heavy atom. The van der Waals surface area contributed by atoms with Gasteiger partial charge in [0.1, 0.15) is 0 Å². The van der Waals surface area contributed by atoms with Crippen molar-refractivity contribution in [2.75, 3.05) is 5.75 Å². The van der Waals surface area contributed by atoms with Gasteiger partial charge in [-0.05, 0) is 43.6 Å². The van der Waals surface area contributed by atoms with Gasteiger partial charge in [0.2, 0.25) is 0 Å². The number of rotatable bonds is 4. The first-order valence-corrected chi connectivity index (χ1v) is 10.9. The third-order valence-corrected chi connectivity index (χ3v) is 6.41. The van der Waals surface area contributed by atoms with E-state index in [1.807, 2.05) is 26.0 Å². The number of benzene rings is 1. The lowest BCUT2D eigenvalue weighted by atomic mass is 9.95. The van der Waals surface area contributed by atoms with Crippen LogP contribution in [-0.2, 0) is 9.59 Å². The summed E-state index contributed by atoms with van der Waals surface area (Å²) in [6.45, 7) is 6.11. The Bertz CT molecular complexity index is 730. The number of thioether (sulfide) groups is 1. The lowest BCUT2D eigenvalue weighted by molar-refractivity contribution is -0.139. The van der Waals surface area contributed by atoms with Gasteiger partial charge in [-0.1, -0.05) is 62.8 Å². The minimum Gasteiger partial charge on any atom is -0.271 e. The highest BCUT2D eigenvalue weighted by Gasteiger charge is 2.42. The molecular weight excluding hydrogens is 342 g/mol. The maximum atomic E-state index is 13.4. The molecule has 1 aliphatic heterocycles. The van der Waals surface area contributed by atoms with Crippen molar-refractivity contribution in [2.24, 2.45) is 0 Å². The number of carbonyl (C=O) groups excluding carboxylic acids is 2. The van der Waals surface area contributed by atoms with Crippen molar-refractivity contribution in [1.82, 2.24) is 4.90 Å². The van der Waals surface area contributed by atoms with E-state index in [0.717, 1.165) is 42.6 Å². The SMILES string of the molecule is CCSC1=C(c2ccc(C)cc2C)C(=O)N(C2CCCCCCC2)C1=O. The zero-order valence-corrected chi connectivity index (χ0v) is 17.0. The second-order valence-corrected chi connectivity index (χ2v) is 8.71. The highest BCUT2D eigenvalue weighted by atomic mass is 32.2. The van der Waals surface area contributed by atoms with Gasteiger partial charge in [0.15, 0.2) is 0 Å². The molecule has 0 bridgehead atoms. The topological polar surface area (TPSA) is 37.4 Å². The van der Waals surface area contributed by atoms with Crippen LogP contribution in [0.1, 0.15) is 68.6 Å². The van der Waals surface area contributed by atoms with Crippen LogP contribution >= 0.6 is 11.8 Å². The summed E-state index contributed by atoms with van der Waals surface area (Å²) in [7, 11) is 0. The number of nitrogens with zero attached hydrogens (tertiary/aromatic N) is 1. The molecule has 0 radical (unpaired) electrons. The lowest BCUT2D eigenvalue weighted by Gasteiger charge is -2.28. The third kappa shape index (κ3) is 3.75. The predicted molar refractivity (Wildman–Crippen MR) is 109 cm³/mol. The van der Waals surface area contributed by atoms with E-state index in [9.17, 15) is 9.59 Å². The maximum Gasteiger partial charge on any atom is 0.268 e. The van der Waals surface area contributed by atoms with E-state index in [1.54, 1.807) is 4.90 Å². The average molecular weight is 372 g/mol. The second kappa shape index (κ2) is 8.43. The van der Waals surface area contributed by atoms with E-state index in [1.165, 1.54) is 36.6 Å². The monoisotopic (exact) mass is 371 g/mol. The molecule has 1 aromatic carbocycles. The van der Waals surface area contributed by atoms with Gasteiger partial charge in [-0.2, -0.15) is 0 Å². The van der Waals surface area contributed by atoms with Crippen LogP contribution in [0.15, 0.2) is 23.1 Å². The van der Waals surface area contributed by atoms with Crippen LogP contribution in [0.2, 0.25) is 0 Å². The van der Waals surface area contributed by atoms with E-state index >= 15 is 0 Å². The summed E-state index contributed by atoms with van der Waals surface area (Å²) < 4.78 is 0. The van der Waals surface area contributed by atoms with Crippen molar-refractivity contribution in [1.29, 1.82) is 0 Å². The molecule has 140 valence electrons. The maximum absolute atomic E-state index is 13.4. The van der Waals surface area contributed by atoms with Gasteiger partial charge < -0.3 is 0 Å². The molecule has 2 aliphatic rings. The standard InChI is InChI=1S/C22H29NO2S/c1-4-26-20-19(18-13-12-15(2)14-16(18)3)21(24)23(22(20)25)17-10-8-6-5-7-9-11-17/h12-14,17H,4-11H2,1-3H3. The summed E-state index contributed by atoms with van der Waals surface area (Å²) in [4.78, 5) is 28.8. The molecule has 0 spiro atoms. The number of hydrogen-bond acceptors (Lipinski definition) is 3. The number of aryl methyl sites for hydroxylation is 2. The number of hydrogen-bond donors (Lipinski definition) is 0. The normalized spacial score (nSPS) is 19.9. The van der Waals surface area contributed by atoms with Crippen molar-refractivity contribution in [3.05, 3.63) is 39.8 Å². The quantitative estimate of drug-likeness (QED) is 0.678. The lowest BCUT2D eigenvalue weighted by Crippen LogP contribution is -2.41. The van der Waals surface area contributed by atoms with Crippen molar-refractivity contribution >= 4 is 29.1 Å². The molecule has 1 fully saturated rings. The molecule has 0 saturated heterocycles. The van der Waals surface area contributed by atoms with Gasteiger partial charge in [0, 0.05) is 6.04 Å². The zero-order chi connectivity index (χ0) is 18.7. The van der Waals surface area contributed by atoms with Crippen molar-refractivity contribution in [2.45, 2.75) is 71.8 Å². The first kappa shape index (κ1) is 19.2. The molecule has 26 heavy (non-hydrogen) atoms. The molecule has 3 rings (SSSR count). The minimum atomic E-state index is -0.0801. The van der Waals surface area contributed by atoms with Gasteiger partial charge in [0.05, 0.1) is 10.5 Å². The third-order valence-electron chi connectivity index (χ3n) is 5.45. The van der Waals surface area contributed by atoms with Crippen LogP contribution in [0.25, 0.3) is 5.57 Å². The summed E-state index contributed by atoms with van der Waals surface area (Å²) in [5.74, 6) is 0.646. The first-order valence-electron chi connectivity index (χ1n) is 9.87. The summed E-state index contributed by atoms with van der Waals surface area (Å²) in [5.41, 5.74) is 3.78. The molecule has 0 atom stereocenters. The van der Waals surface area contributed by atoms with Crippen molar-refractivity contribution in [3.63, 3.8) is 0 Å². The van der Waals surface area contributed by atoms with E-state index < -0.39 is 0 Å². The van der Waals surface area contributed by atoms with Gasteiger partial charge in [0.25, 0.3) is 11.8 Å². The Balaban J connectivity index is 1.98. The number of imide groups is 1. The number of amides is 2. The van der Waals surface area contributed by atoms with Crippen LogP contribution in [0.5, 0.6) is 0 Å². The highest BCUT2D eigenvalue weighted by molar-refractivity contribution is 8.04. The predicted octanol–water partition coefficient (Wildman–Crippen LogP) is 5.25. The summed E-state index contributed by atoms with van der Waals surface area (Å²) in [5, 5.41) is 0. The molecule has 0 unspecified atom stereocenters. The van der Waals surface area contributed by atoms with Crippen molar-refractivity contribution < 1.29 is 9.59 Å². The summed E-state index contributed by atoms with van der Waals surface area (Å²) >= 11 is 1.51. The van der Waals surface area contributed by atoms with Gasteiger partial charge in [-0.3, -0.25) is 14.5 Å². The molecule has 1 saturated carbocycles. The van der Waals surface area contributed by atoms with E-state index in [0.29, 0.717) is 10.5 Å². The molecule has 4 heteroatoms. The van der Waals surface area contributed by atoms with E-state index in [2.05, 4.69) is 13.0 Å². The molecule has 3 nitrogen and oxygen atoms in total. The van der Waals surface area contributed by atoms with Crippen LogP contribution in [-0.4, -0.2) is 28.5 Å². The highest BCUT2D eigenvalue weighted by Crippen LogP contribution is 2.39. The van der Waals surface area contributed by atoms with Crippen LogP contribution < -0.4 is 0 Å². The molecule has 1 heterocycles. The van der Waals surface area contributed by atoms with Crippen LogP contribution in [0, 0.1) is 13.8 Å². The Hall–Kier alpha value is -1.55. The Morgan fingerprint density at radius 1 is 1.00 bits per heavy atom. The van der Waals surface area contributed by atoms with Gasteiger partial charge >= 0.3 is 0 Å². The zero-order valence-electron chi connectivity index (χ0n) is 16.1. The van der Waals surface area contributed by atoms with Crippen molar-refractivity contribution in [3.8, 4) is 0 Å². The van der Waals surface area contributed by atoms with Gasteiger partial charge in [-0.15, -0.1) is 11.8 Å².